The minimum Gasteiger partial charge on any atom is -0.381 e. The standard InChI is InChI=1S/C9H18OS/c1-8(2)9(7-11-3)4-5-10-6-9/h8H,4-7H2,1-3H3. The molecule has 1 atom stereocenters. The smallest absolute Gasteiger partial charge is 0.0533 e. The monoisotopic (exact) mass is 174 g/mol. The molecule has 1 unspecified atom stereocenters. The average Bonchev–Trinajstić information content (AvgIpc) is 2.38. The van der Waals surface area contributed by atoms with E-state index in [2.05, 4.69) is 20.1 Å². The summed E-state index contributed by atoms with van der Waals surface area (Å²) in [6.45, 7) is 6.57. The molecule has 0 aromatic heterocycles. The van der Waals surface area contributed by atoms with Crippen LogP contribution in [0.4, 0.5) is 0 Å². The van der Waals surface area contributed by atoms with Gasteiger partial charge in [-0.1, -0.05) is 13.8 Å². The van der Waals surface area contributed by atoms with E-state index in [4.69, 9.17) is 4.74 Å². The Bertz CT molecular complexity index is 117. The van der Waals surface area contributed by atoms with Gasteiger partial charge in [-0.2, -0.15) is 11.8 Å². The van der Waals surface area contributed by atoms with Crippen LogP contribution in [-0.2, 0) is 4.74 Å². The first-order valence-electron chi connectivity index (χ1n) is 4.28. The molecule has 0 saturated carbocycles. The van der Waals surface area contributed by atoms with Crippen molar-refractivity contribution in [2.75, 3.05) is 25.2 Å². The number of thioether (sulfide) groups is 1. The van der Waals surface area contributed by atoms with E-state index in [-0.39, 0.29) is 0 Å². The van der Waals surface area contributed by atoms with Gasteiger partial charge in [0.2, 0.25) is 0 Å². The van der Waals surface area contributed by atoms with Gasteiger partial charge >= 0.3 is 0 Å². The summed E-state index contributed by atoms with van der Waals surface area (Å²) in [5.41, 5.74) is 0.486. The van der Waals surface area contributed by atoms with E-state index in [1.165, 1.54) is 12.2 Å². The highest BCUT2D eigenvalue weighted by Crippen LogP contribution is 2.38. The molecule has 11 heavy (non-hydrogen) atoms. The highest BCUT2D eigenvalue weighted by atomic mass is 32.2. The second kappa shape index (κ2) is 3.81. The molecule has 2 heteroatoms. The summed E-state index contributed by atoms with van der Waals surface area (Å²) in [7, 11) is 0. The minimum absolute atomic E-state index is 0.486. The van der Waals surface area contributed by atoms with Crippen molar-refractivity contribution in [3.8, 4) is 0 Å². The SMILES string of the molecule is CSCC1(C(C)C)CCOC1. The van der Waals surface area contributed by atoms with Crippen molar-refractivity contribution in [1.82, 2.24) is 0 Å². The van der Waals surface area contributed by atoms with E-state index in [1.54, 1.807) is 0 Å². The van der Waals surface area contributed by atoms with E-state index in [0.717, 1.165) is 19.1 Å². The molecule has 0 radical (unpaired) electrons. The van der Waals surface area contributed by atoms with Crippen LogP contribution in [0.2, 0.25) is 0 Å². The quantitative estimate of drug-likeness (QED) is 0.650. The lowest BCUT2D eigenvalue weighted by molar-refractivity contribution is 0.136. The molecule has 1 saturated heterocycles. The lowest BCUT2D eigenvalue weighted by Gasteiger charge is -2.30. The van der Waals surface area contributed by atoms with E-state index in [0.29, 0.717) is 5.41 Å². The van der Waals surface area contributed by atoms with Gasteiger partial charge < -0.3 is 4.74 Å². The Morgan fingerprint density at radius 2 is 2.27 bits per heavy atom. The third kappa shape index (κ3) is 1.91. The summed E-state index contributed by atoms with van der Waals surface area (Å²) >= 11 is 1.95. The maximum absolute atomic E-state index is 5.46. The molecule has 0 aromatic rings. The van der Waals surface area contributed by atoms with Gasteiger partial charge in [0.15, 0.2) is 0 Å². The average molecular weight is 174 g/mol. The van der Waals surface area contributed by atoms with Gasteiger partial charge in [0.25, 0.3) is 0 Å². The lowest BCUT2D eigenvalue weighted by atomic mass is 9.78. The second-order valence-electron chi connectivity index (χ2n) is 3.75. The zero-order chi connectivity index (χ0) is 8.32. The van der Waals surface area contributed by atoms with Crippen molar-refractivity contribution in [3.63, 3.8) is 0 Å². The Morgan fingerprint density at radius 3 is 2.64 bits per heavy atom. The molecule has 66 valence electrons. The van der Waals surface area contributed by atoms with Crippen LogP contribution in [0.5, 0.6) is 0 Å². The molecule has 0 aromatic carbocycles. The Labute approximate surface area is 73.9 Å². The van der Waals surface area contributed by atoms with E-state index in [9.17, 15) is 0 Å². The first-order chi connectivity index (χ1) is 5.21. The van der Waals surface area contributed by atoms with E-state index >= 15 is 0 Å². The summed E-state index contributed by atoms with van der Waals surface area (Å²) in [5.74, 6) is 2.02. The molecular weight excluding hydrogens is 156 g/mol. The summed E-state index contributed by atoms with van der Waals surface area (Å²) in [6, 6.07) is 0. The van der Waals surface area contributed by atoms with Crippen LogP contribution in [0.15, 0.2) is 0 Å². The van der Waals surface area contributed by atoms with Crippen LogP contribution in [0, 0.1) is 11.3 Å². The normalized spacial score (nSPS) is 31.6. The van der Waals surface area contributed by atoms with Crippen LogP contribution >= 0.6 is 11.8 Å². The third-order valence-corrected chi connectivity index (χ3v) is 3.65. The maximum Gasteiger partial charge on any atom is 0.0533 e. The molecule has 0 spiro atoms. The van der Waals surface area contributed by atoms with Crippen molar-refractivity contribution < 1.29 is 4.74 Å². The van der Waals surface area contributed by atoms with Gasteiger partial charge in [-0.05, 0) is 18.6 Å². The fraction of sp³-hybridized carbons (Fsp3) is 1.00. The van der Waals surface area contributed by atoms with Gasteiger partial charge in [0, 0.05) is 17.8 Å². The zero-order valence-electron chi connectivity index (χ0n) is 7.72. The van der Waals surface area contributed by atoms with E-state index in [1.807, 2.05) is 11.8 Å². The highest BCUT2D eigenvalue weighted by molar-refractivity contribution is 7.98. The topological polar surface area (TPSA) is 9.23 Å². The molecule has 1 nitrogen and oxygen atoms in total. The first-order valence-corrected chi connectivity index (χ1v) is 5.67. The molecule has 0 amide bonds. The van der Waals surface area contributed by atoms with Gasteiger partial charge in [-0.15, -0.1) is 0 Å². The molecule has 1 fully saturated rings. The van der Waals surface area contributed by atoms with Crippen molar-refractivity contribution in [1.29, 1.82) is 0 Å². The van der Waals surface area contributed by atoms with Crippen LogP contribution < -0.4 is 0 Å². The van der Waals surface area contributed by atoms with Crippen LogP contribution in [0.1, 0.15) is 20.3 Å². The van der Waals surface area contributed by atoms with E-state index < -0.39 is 0 Å². The Kier molecular flexibility index (Phi) is 3.26. The van der Waals surface area contributed by atoms with Crippen LogP contribution in [-0.4, -0.2) is 25.2 Å². The minimum atomic E-state index is 0.486. The molecule has 0 aliphatic carbocycles. The van der Waals surface area contributed by atoms with Gasteiger partial charge in [-0.25, -0.2) is 0 Å². The van der Waals surface area contributed by atoms with Crippen molar-refractivity contribution in [2.45, 2.75) is 20.3 Å². The molecular formula is C9H18OS. The predicted octanol–water partition coefficient (Wildman–Crippen LogP) is 2.41. The van der Waals surface area contributed by atoms with Crippen LogP contribution in [0.3, 0.4) is 0 Å². The van der Waals surface area contributed by atoms with Gasteiger partial charge in [0.1, 0.15) is 0 Å². The Morgan fingerprint density at radius 1 is 1.55 bits per heavy atom. The lowest BCUT2D eigenvalue weighted by Crippen LogP contribution is -2.30. The van der Waals surface area contributed by atoms with Gasteiger partial charge in [-0.3, -0.25) is 0 Å². The Balaban J connectivity index is 2.55. The first kappa shape index (κ1) is 9.40. The predicted molar refractivity (Wildman–Crippen MR) is 51.1 cm³/mol. The number of ether oxygens (including phenoxy) is 1. The number of rotatable bonds is 3. The molecule has 0 N–H and O–H groups in total. The van der Waals surface area contributed by atoms with Crippen molar-refractivity contribution >= 4 is 11.8 Å². The van der Waals surface area contributed by atoms with Crippen molar-refractivity contribution in [3.05, 3.63) is 0 Å². The van der Waals surface area contributed by atoms with Gasteiger partial charge in [0.05, 0.1) is 6.61 Å². The highest BCUT2D eigenvalue weighted by Gasteiger charge is 2.37. The Hall–Kier alpha value is 0.310. The molecule has 1 aliphatic rings. The van der Waals surface area contributed by atoms with Crippen LogP contribution in [0.25, 0.3) is 0 Å². The molecule has 1 heterocycles. The van der Waals surface area contributed by atoms with Crippen molar-refractivity contribution in [2.24, 2.45) is 11.3 Å². The number of hydrogen-bond acceptors (Lipinski definition) is 2. The zero-order valence-corrected chi connectivity index (χ0v) is 8.54. The third-order valence-electron chi connectivity index (χ3n) is 2.79. The molecule has 0 bridgehead atoms. The second-order valence-corrected chi connectivity index (χ2v) is 4.62. The fourth-order valence-corrected chi connectivity index (χ4v) is 2.78. The summed E-state index contributed by atoms with van der Waals surface area (Å²) in [4.78, 5) is 0. The molecule has 1 aliphatic heterocycles. The fourth-order valence-electron chi connectivity index (χ4n) is 1.65. The largest absolute Gasteiger partial charge is 0.381 e. The summed E-state index contributed by atoms with van der Waals surface area (Å²) in [6.07, 6.45) is 3.44. The number of hydrogen-bond donors (Lipinski definition) is 0. The molecule has 1 rings (SSSR count). The summed E-state index contributed by atoms with van der Waals surface area (Å²) < 4.78 is 5.46. The maximum atomic E-state index is 5.46. The summed E-state index contributed by atoms with van der Waals surface area (Å²) in [5, 5.41) is 0.